The second kappa shape index (κ2) is 8.55. The number of phenolic OH excluding ortho intramolecular Hbond substituents is 1. The quantitative estimate of drug-likeness (QED) is 0.408. The minimum Gasteiger partial charge on any atom is -0.507 e. The molecule has 1 aliphatic carbocycles. The number of rotatable bonds is 5. The van der Waals surface area contributed by atoms with Crippen molar-refractivity contribution in [2.24, 2.45) is 0 Å². The summed E-state index contributed by atoms with van der Waals surface area (Å²) in [4.78, 5) is 12.6. The molecule has 3 atom stereocenters. The molecule has 0 amide bonds. The first-order valence-electron chi connectivity index (χ1n) is 11.9. The van der Waals surface area contributed by atoms with Crippen LogP contribution in [0.3, 0.4) is 0 Å². The molecule has 0 spiro atoms. The smallest absolute Gasteiger partial charge is 0.196 e. The molecule has 0 saturated heterocycles. The van der Waals surface area contributed by atoms with Crippen molar-refractivity contribution in [1.29, 1.82) is 0 Å². The predicted octanol–water partition coefficient (Wildman–Crippen LogP) is 3.15. The lowest BCUT2D eigenvalue weighted by Gasteiger charge is -2.53. The number of aliphatic hydroxyl groups excluding tert-OH is 1. The lowest BCUT2D eigenvalue weighted by atomic mass is 9.63. The van der Waals surface area contributed by atoms with E-state index < -0.39 is 23.2 Å². The Kier molecular flexibility index (Phi) is 5.78. The van der Waals surface area contributed by atoms with Crippen LogP contribution in [0.1, 0.15) is 54.6 Å². The van der Waals surface area contributed by atoms with E-state index in [2.05, 4.69) is 6.07 Å². The summed E-state index contributed by atoms with van der Waals surface area (Å²) in [5, 5.41) is 32.1. The second-order valence-corrected chi connectivity index (χ2v) is 9.99. The van der Waals surface area contributed by atoms with Gasteiger partial charge in [0.05, 0.1) is 6.61 Å². The van der Waals surface area contributed by atoms with E-state index in [0.717, 1.165) is 35.7 Å². The summed E-state index contributed by atoms with van der Waals surface area (Å²) in [6, 6.07) is 8.81. The monoisotopic (exact) mass is 481 g/mol. The van der Waals surface area contributed by atoms with Gasteiger partial charge in [-0.3, -0.25) is 4.79 Å². The normalized spacial score (nSPS) is 25.7. The molecule has 5 rings (SSSR count). The number of nitrogens with two attached hydrogens (primary N) is 1. The SMILES string of the molecule is COCCc1cc([C@@H]2CC[C@@]3(O)Cc4c(cc5oc(CO)cc(=O)c5c4O)O[C@@]3(C)C2)ccc1N. The minimum absolute atomic E-state index is 0.0240. The average molecular weight is 482 g/mol. The van der Waals surface area contributed by atoms with Crippen LogP contribution in [-0.2, 0) is 24.2 Å². The van der Waals surface area contributed by atoms with Gasteiger partial charge in [0, 0.05) is 36.9 Å². The summed E-state index contributed by atoms with van der Waals surface area (Å²) in [5.74, 6) is 0.385. The van der Waals surface area contributed by atoms with Crippen LogP contribution in [-0.4, -0.2) is 40.2 Å². The molecule has 8 nitrogen and oxygen atoms in total. The van der Waals surface area contributed by atoms with Crippen LogP contribution < -0.4 is 15.9 Å². The highest BCUT2D eigenvalue weighted by molar-refractivity contribution is 5.87. The number of nitrogen functional groups attached to an aromatic ring is 1. The van der Waals surface area contributed by atoms with E-state index in [9.17, 15) is 20.1 Å². The molecule has 2 aromatic carbocycles. The van der Waals surface area contributed by atoms with Gasteiger partial charge in [-0.1, -0.05) is 12.1 Å². The molecule has 8 heteroatoms. The summed E-state index contributed by atoms with van der Waals surface area (Å²) < 4.78 is 17.2. The Labute approximate surface area is 202 Å². The third kappa shape index (κ3) is 3.86. The number of ether oxygens (including phenoxy) is 2. The number of methoxy groups -OCH3 is 1. The van der Waals surface area contributed by atoms with Gasteiger partial charge in [-0.2, -0.15) is 0 Å². The first-order valence-corrected chi connectivity index (χ1v) is 11.9. The Morgan fingerprint density at radius 1 is 1.26 bits per heavy atom. The van der Waals surface area contributed by atoms with Gasteiger partial charge in [-0.15, -0.1) is 0 Å². The van der Waals surface area contributed by atoms with E-state index in [1.165, 1.54) is 0 Å². The van der Waals surface area contributed by atoms with Crippen LogP contribution in [0, 0.1) is 0 Å². The lowest BCUT2D eigenvalue weighted by Crippen LogP contribution is -2.62. The van der Waals surface area contributed by atoms with Gasteiger partial charge in [-0.05, 0) is 55.7 Å². The molecule has 2 heterocycles. The zero-order valence-electron chi connectivity index (χ0n) is 20.0. The van der Waals surface area contributed by atoms with Gasteiger partial charge in [-0.25, -0.2) is 0 Å². The highest BCUT2D eigenvalue weighted by Crippen LogP contribution is 2.54. The molecule has 0 bridgehead atoms. The molecule has 2 aliphatic rings. The minimum atomic E-state index is -1.21. The number of anilines is 1. The summed E-state index contributed by atoms with van der Waals surface area (Å²) in [7, 11) is 1.66. The zero-order chi connectivity index (χ0) is 25.0. The van der Waals surface area contributed by atoms with Gasteiger partial charge in [0.1, 0.15) is 46.0 Å². The molecule has 1 aromatic heterocycles. The molecule has 0 unspecified atom stereocenters. The molecule has 1 aliphatic heterocycles. The van der Waals surface area contributed by atoms with Crippen molar-refractivity contribution >= 4 is 16.7 Å². The maximum absolute atomic E-state index is 12.6. The largest absolute Gasteiger partial charge is 0.507 e. The van der Waals surface area contributed by atoms with E-state index in [0.29, 0.717) is 30.8 Å². The van der Waals surface area contributed by atoms with Gasteiger partial charge in [0.25, 0.3) is 0 Å². The fraction of sp³-hybridized carbons (Fsp3) is 0.444. The van der Waals surface area contributed by atoms with Gasteiger partial charge in [0.15, 0.2) is 5.43 Å². The van der Waals surface area contributed by atoms with Crippen LogP contribution in [0.25, 0.3) is 11.0 Å². The van der Waals surface area contributed by atoms with Crippen molar-refractivity contribution in [3.05, 3.63) is 63.0 Å². The maximum atomic E-state index is 12.6. The number of hydrogen-bond acceptors (Lipinski definition) is 8. The fourth-order valence-electron chi connectivity index (χ4n) is 5.69. The van der Waals surface area contributed by atoms with Crippen molar-refractivity contribution in [2.45, 2.75) is 62.8 Å². The Balaban J connectivity index is 1.52. The topological polar surface area (TPSA) is 135 Å². The molecule has 1 fully saturated rings. The number of fused-ring (bicyclic) bond motifs is 3. The molecule has 1 saturated carbocycles. The van der Waals surface area contributed by atoms with Crippen LogP contribution >= 0.6 is 0 Å². The summed E-state index contributed by atoms with van der Waals surface area (Å²) in [6.07, 6.45) is 2.67. The summed E-state index contributed by atoms with van der Waals surface area (Å²) in [5.41, 5.74) is 7.03. The van der Waals surface area contributed by atoms with Gasteiger partial charge in [0.2, 0.25) is 0 Å². The van der Waals surface area contributed by atoms with Crippen LogP contribution in [0.4, 0.5) is 5.69 Å². The van der Waals surface area contributed by atoms with Crippen molar-refractivity contribution in [3.8, 4) is 11.5 Å². The zero-order valence-corrected chi connectivity index (χ0v) is 20.0. The van der Waals surface area contributed by atoms with Crippen LogP contribution in [0.15, 0.2) is 39.5 Å². The summed E-state index contributed by atoms with van der Waals surface area (Å²) in [6.45, 7) is 2.05. The number of benzene rings is 2. The molecule has 5 N–H and O–H groups in total. The third-order valence-electron chi connectivity index (χ3n) is 7.81. The third-order valence-corrected chi connectivity index (χ3v) is 7.81. The van der Waals surface area contributed by atoms with E-state index >= 15 is 0 Å². The first kappa shape index (κ1) is 23.7. The average Bonchev–Trinajstić information content (AvgIpc) is 2.82. The van der Waals surface area contributed by atoms with Crippen molar-refractivity contribution in [3.63, 3.8) is 0 Å². The number of hydrogen-bond donors (Lipinski definition) is 4. The molecular formula is C27H31NO7. The Bertz CT molecular complexity index is 1350. The Hall–Kier alpha value is -3.07. The van der Waals surface area contributed by atoms with Gasteiger partial charge >= 0.3 is 0 Å². The fourth-order valence-corrected chi connectivity index (χ4v) is 5.69. The van der Waals surface area contributed by atoms with Crippen molar-refractivity contribution in [1.82, 2.24) is 0 Å². The van der Waals surface area contributed by atoms with E-state index in [1.54, 1.807) is 13.2 Å². The molecule has 3 aromatic rings. The van der Waals surface area contributed by atoms with E-state index in [4.69, 9.17) is 19.6 Å². The summed E-state index contributed by atoms with van der Waals surface area (Å²) >= 11 is 0. The van der Waals surface area contributed by atoms with E-state index in [1.807, 2.05) is 19.1 Å². The van der Waals surface area contributed by atoms with Gasteiger partial charge < -0.3 is 34.9 Å². The van der Waals surface area contributed by atoms with Crippen molar-refractivity contribution < 1.29 is 29.2 Å². The highest BCUT2D eigenvalue weighted by atomic mass is 16.5. The molecule has 0 radical (unpaired) electrons. The standard InChI is InChI=1S/C27H31NO7/c1-26-12-17(15-3-4-20(28)16(9-15)6-8-33-2)5-7-27(26,32)13-19-22(35-26)11-23-24(25(19)31)21(30)10-18(14-29)34-23/h3-4,9-11,17,29,31-32H,5-8,12-14,28H2,1-2H3/t17-,26+,27-/m1/s1. The maximum Gasteiger partial charge on any atom is 0.196 e. The lowest BCUT2D eigenvalue weighted by molar-refractivity contribution is -0.164. The Morgan fingerprint density at radius 3 is 2.80 bits per heavy atom. The van der Waals surface area contributed by atoms with Crippen LogP contribution in [0.2, 0.25) is 0 Å². The number of aromatic hydroxyl groups is 1. The Morgan fingerprint density at radius 2 is 2.06 bits per heavy atom. The molecular weight excluding hydrogens is 450 g/mol. The highest BCUT2D eigenvalue weighted by Gasteiger charge is 2.56. The molecule has 35 heavy (non-hydrogen) atoms. The number of aliphatic hydroxyl groups is 2. The second-order valence-electron chi connectivity index (χ2n) is 9.99. The first-order chi connectivity index (χ1) is 16.7. The molecule has 186 valence electrons. The van der Waals surface area contributed by atoms with E-state index in [-0.39, 0.29) is 34.8 Å². The van der Waals surface area contributed by atoms with Crippen LogP contribution in [0.5, 0.6) is 11.5 Å². The predicted molar refractivity (Wildman–Crippen MR) is 131 cm³/mol. The number of phenols is 1. The van der Waals surface area contributed by atoms with Crippen molar-refractivity contribution in [2.75, 3.05) is 19.5 Å².